The predicted octanol–water partition coefficient (Wildman–Crippen LogP) is 2.42. The molecule has 140 valence electrons. The Morgan fingerprint density at radius 1 is 1.04 bits per heavy atom. The number of benzene rings is 1. The highest BCUT2D eigenvalue weighted by Crippen LogP contribution is 2.16. The molecule has 0 fully saturated rings. The summed E-state index contributed by atoms with van der Waals surface area (Å²) in [5, 5.41) is 18.7. The van der Waals surface area contributed by atoms with Gasteiger partial charge in [-0.25, -0.2) is 9.67 Å². The molecule has 3 aromatic heterocycles. The van der Waals surface area contributed by atoms with E-state index in [1.54, 1.807) is 40.6 Å². The number of carbonyl (C=O) groups excluding carboxylic acids is 1. The Labute approximate surface area is 161 Å². The van der Waals surface area contributed by atoms with Crippen molar-refractivity contribution in [3.8, 4) is 11.5 Å². The molecular weight excluding hydrogens is 356 g/mol. The van der Waals surface area contributed by atoms with Gasteiger partial charge >= 0.3 is 0 Å². The molecule has 0 aliphatic heterocycles. The largest absolute Gasteiger partial charge is 0.322 e. The second kappa shape index (κ2) is 7.03. The summed E-state index contributed by atoms with van der Waals surface area (Å²) in [5.74, 6) is 1.07. The van der Waals surface area contributed by atoms with E-state index in [1.807, 2.05) is 32.0 Å². The van der Waals surface area contributed by atoms with Gasteiger partial charge in [-0.05, 0) is 67.6 Å². The van der Waals surface area contributed by atoms with Gasteiger partial charge in [0.25, 0.3) is 5.91 Å². The summed E-state index contributed by atoms with van der Waals surface area (Å²) in [7, 11) is 0. The van der Waals surface area contributed by atoms with Crippen LogP contribution in [0.4, 0.5) is 5.69 Å². The van der Waals surface area contributed by atoms with Gasteiger partial charge in [0, 0.05) is 17.6 Å². The van der Waals surface area contributed by atoms with Gasteiger partial charge in [-0.1, -0.05) is 6.07 Å². The molecule has 1 aromatic carbocycles. The second-order valence-corrected chi connectivity index (χ2v) is 6.39. The minimum atomic E-state index is -0.252. The van der Waals surface area contributed by atoms with Crippen LogP contribution in [0.3, 0.4) is 0 Å². The van der Waals surface area contributed by atoms with E-state index in [2.05, 4.69) is 30.9 Å². The predicted molar refractivity (Wildman–Crippen MR) is 103 cm³/mol. The first-order valence-corrected chi connectivity index (χ1v) is 8.68. The van der Waals surface area contributed by atoms with Crippen LogP contribution in [0.5, 0.6) is 0 Å². The number of nitrogens with zero attached hydrogens (tertiary/aromatic N) is 7. The zero-order valence-corrected chi connectivity index (χ0v) is 15.7. The molecule has 9 nitrogen and oxygen atoms in total. The van der Waals surface area contributed by atoms with Gasteiger partial charge in [-0.3, -0.25) is 4.79 Å². The maximum atomic E-state index is 12.6. The summed E-state index contributed by atoms with van der Waals surface area (Å²) in [6, 6.07) is 12.8. The monoisotopic (exact) mass is 374 g/mol. The smallest absolute Gasteiger partial charge is 0.257 e. The molecule has 0 saturated carbocycles. The van der Waals surface area contributed by atoms with E-state index in [4.69, 9.17) is 0 Å². The normalized spacial score (nSPS) is 10.8. The first kappa shape index (κ1) is 17.5. The molecule has 4 rings (SSSR count). The van der Waals surface area contributed by atoms with E-state index >= 15 is 0 Å². The number of hydrogen-bond acceptors (Lipinski definition) is 6. The summed E-state index contributed by atoms with van der Waals surface area (Å²) >= 11 is 0. The van der Waals surface area contributed by atoms with Gasteiger partial charge < -0.3 is 5.32 Å². The Hall–Kier alpha value is -3.88. The highest BCUT2D eigenvalue weighted by atomic mass is 16.1. The van der Waals surface area contributed by atoms with Crippen molar-refractivity contribution in [2.75, 3.05) is 5.32 Å². The van der Waals surface area contributed by atoms with Gasteiger partial charge in [-0.2, -0.15) is 9.78 Å². The van der Waals surface area contributed by atoms with E-state index in [0.29, 0.717) is 22.9 Å². The summed E-state index contributed by atoms with van der Waals surface area (Å²) in [4.78, 5) is 16.9. The van der Waals surface area contributed by atoms with E-state index in [9.17, 15) is 4.79 Å². The molecule has 0 spiro atoms. The maximum Gasteiger partial charge on any atom is 0.257 e. The van der Waals surface area contributed by atoms with Crippen LogP contribution in [0.2, 0.25) is 0 Å². The third kappa shape index (κ3) is 3.37. The van der Waals surface area contributed by atoms with E-state index < -0.39 is 0 Å². The quantitative estimate of drug-likeness (QED) is 0.588. The molecule has 28 heavy (non-hydrogen) atoms. The standard InChI is InChI=1S/C19H18N8O/c1-12-9-13(2)26(23-12)18-8-7-15(11-20-18)19(28)21-16-5-4-6-17(10-16)27-14(3)22-24-25-27/h4-11H,1-3H3,(H,21,28). The number of hydrogen-bond donors (Lipinski definition) is 1. The molecule has 0 unspecified atom stereocenters. The van der Waals surface area contributed by atoms with E-state index in [-0.39, 0.29) is 5.91 Å². The van der Waals surface area contributed by atoms with Gasteiger partial charge in [0.1, 0.15) is 0 Å². The topological polar surface area (TPSA) is 103 Å². The number of pyridine rings is 1. The fourth-order valence-electron chi connectivity index (χ4n) is 2.90. The number of anilines is 1. The zero-order chi connectivity index (χ0) is 19.7. The van der Waals surface area contributed by atoms with Crippen LogP contribution in [0.25, 0.3) is 11.5 Å². The minimum absolute atomic E-state index is 0.252. The minimum Gasteiger partial charge on any atom is -0.322 e. The van der Waals surface area contributed by atoms with Crippen molar-refractivity contribution in [3.63, 3.8) is 0 Å². The number of amides is 1. The Kier molecular flexibility index (Phi) is 4.40. The van der Waals surface area contributed by atoms with Crippen LogP contribution >= 0.6 is 0 Å². The first-order chi connectivity index (χ1) is 13.5. The number of aromatic nitrogens is 7. The summed E-state index contributed by atoms with van der Waals surface area (Å²) < 4.78 is 3.34. The van der Waals surface area contributed by atoms with Crippen LogP contribution in [-0.4, -0.2) is 40.9 Å². The van der Waals surface area contributed by atoms with Gasteiger partial charge in [0.05, 0.1) is 16.9 Å². The average molecular weight is 374 g/mol. The molecule has 4 aromatic rings. The zero-order valence-electron chi connectivity index (χ0n) is 15.7. The van der Waals surface area contributed by atoms with Crippen molar-refractivity contribution in [1.29, 1.82) is 0 Å². The van der Waals surface area contributed by atoms with Crippen LogP contribution in [0, 0.1) is 20.8 Å². The Balaban J connectivity index is 1.53. The SMILES string of the molecule is Cc1cc(C)n(-c2ccc(C(=O)Nc3cccc(-n4nnnc4C)c3)cn2)n1. The Morgan fingerprint density at radius 3 is 2.54 bits per heavy atom. The summed E-state index contributed by atoms with van der Waals surface area (Å²) in [5.41, 5.74) is 3.75. The molecular formula is C19H18N8O. The highest BCUT2D eigenvalue weighted by molar-refractivity contribution is 6.04. The van der Waals surface area contributed by atoms with Crippen molar-refractivity contribution >= 4 is 11.6 Å². The van der Waals surface area contributed by atoms with Crippen molar-refractivity contribution in [3.05, 3.63) is 71.4 Å². The van der Waals surface area contributed by atoms with E-state index in [1.165, 1.54) is 6.20 Å². The second-order valence-electron chi connectivity index (χ2n) is 6.39. The molecule has 9 heteroatoms. The number of carbonyl (C=O) groups is 1. The van der Waals surface area contributed by atoms with Gasteiger partial charge in [0.15, 0.2) is 11.6 Å². The van der Waals surface area contributed by atoms with Crippen LogP contribution in [0.15, 0.2) is 48.7 Å². The lowest BCUT2D eigenvalue weighted by Crippen LogP contribution is -2.13. The molecule has 1 N–H and O–H groups in total. The number of rotatable bonds is 4. The molecule has 3 heterocycles. The number of tetrazole rings is 1. The average Bonchev–Trinajstić information content (AvgIpc) is 3.26. The van der Waals surface area contributed by atoms with Crippen molar-refractivity contribution < 1.29 is 4.79 Å². The maximum absolute atomic E-state index is 12.6. The molecule has 0 bridgehead atoms. The third-order valence-corrected chi connectivity index (χ3v) is 4.21. The Morgan fingerprint density at radius 2 is 1.89 bits per heavy atom. The molecule has 0 saturated heterocycles. The number of nitrogens with one attached hydrogen (secondary N) is 1. The fourth-order valence-corrected chi connectivity index (χ4v) is 2.90. The van der Waals surface area contributed by atoms with Crippen molar-refractivity contribution in [2.24, 2.45) is 0 Å². The first-order valence-electron chi connectivity index (χ1n) is 8.68. The van der Waals surface area contributed by atoms with E-state index in [0.717, 1.165) is 17.1 Å². The lowest BCUT2D eigenvalue weighted by molar-refractivity contribution is 0.102. The third-order valence-electron chi connectivity index (χ3n) is 4.21. The lowest BCUT2D eigenvalue weighted by atomic mass is 10.2. The Bertz CT molecular complexity index is 1140. The molecule has 0 atom stereocenters. The van der Waals surface area contributed by atoms with Crippen LogP contribution in [0.1, 0.15) is 27.6 Å². The molecule has 1 amide bonds. The van der Waals surface area contributed by atoms with Crippen molar-refractivity contribution in [2.45, 2.75) is 20.8 Å². The summed E-state index contributed by atoms with van der Waals surface area (Å²) in [6.07, 6.45) is 1.54. The molecule has 0 aliphatic carbocycles. The highest BCUT2D eigenvalue weighted by Gasteiger charge is 2.11. The van der Waals surface area contributed by atoms with Crippen molar-refractivity contribution in [1.82, 2.24) is 35.0 Å². The van der Waals surface area contributed by atoms with Gasteiger partial charge in [-0.15, -0.1) is 5.10 Å². The summed E-state index contributed by atoms with van der Waals surface area (Å²) in [6.45, 7) is 5.69. The van der Waals surface area contributed by atoms with Crippen LogP contribution < -0.4 is 5.32 Å². The fraction of sp³-hybridized carbons (Fsp3) is 0.158. The van der Waals surface area contributed by atoms with Gasteiger partial charge in [0.2, 0.25) is 0 Å². The molecule has 0 radical (unpaired) electrons. The number of aryl methyl sites for hydroxylation is 3. The lowest BCUT2D eigenvalue weighted by Gasteiger charge is -2.08. The molecule has 0 aliphatic rings. The van der Waals surface area contributed by atoms with Crippen LogP contribution in [-0.2, 0) is 0 Å².